The van der Waals surface area contributed by atoms with Crippen LogP contribution >= 0.6 is 0 Å². The normalized spacial score (nSPS) is 29.0. The lowest BCUT2D eigenvalue weighted by atomic mass is 9.78. The van der Waals surface area contributed by atoms with Crippen LogP contribution in [-0.2, 0) is 10.5 Å². The standard InChI is InChI=1S/C23H27N3O3/c1-15-9-8-14-19(16(15)2)24-21(27)23(29)18-12-6-7-13-20(18)25-22(28)26(23)17-10-4-3-5-11-17/h3-7,10-13,15-16,19,29H,8-9,14H2,1-2H3,(H,24,27)(H,25,28)/t15-,16+,19-,23-/m0/s1. The van der Waals surface area contributed by atoms with Crippen molar-refractivity contribution in [2.45, 2.75) is 44.9 Å². The van der Waals surface area contributed by atoms with Gasteiger partial charge in [-0.3, -0.25) is 9.69 Å². The number of benzene rings is 2. The first-order chi connectivity index (χ1) is 13.9. The highest BCUT2D eigenvalue weighted by atomic mass is 16.3. The Morgan fingerprint density at radius 1 is 1.10 bits per heavy atom. The average Bonchev–Trinajstić information content (AvgIpc) is 2.72. The number of urea groups is 1. The maximum atomic E-state index is 13.5. The van der Waals surface area contributed by atoms with Crippen LogP contribution in [0.2, 0.25) is 0 Å². The Labute approximate surface area is 170 Å². The molecule has 29 heavy (non-hydrogen) atoms. The van der Waals surface area contributed by atoms with Gasteiger partial charge in [-0.2, -0.15) is 0 Å². The van der Waals surface area contributed by atoms with Crippen LogP contribution in [0.4, 0.5) is 16.2 Å². The molecule has 0 unspecified atom stereocenters. The monoisotopic (exact) mass is 393 g/mol. The van der Waals surface area contributed by atoms with Crippen molar-refractivity contribution in [1.82, 2.24) is 5.32 Å². The van der Waals surface area contributed by atoms with E-state index in [1.807, 2.05) is 6.07 Å². The number of amides is 3. The first kappa shape index (κ1) is 19.5. The topological polar surface area (TPSA) is 81.7 Å². The van der Waals surface area contributed by atoms with Crippen LogP contribution in [-0.4, -0.2) is 23.1 Å². The summed E-state index contributed by atoms with van der Waals surface area (Å²) in [5.41, 5.74) is -0.896. The van der Waals surface area contributed by atoms with E-state index in [9.17, 15) is 14.7 Å². The van der Waals surface area contributed by atoms with Crippen molar-refractivity contribution in [3.05, 3.63) is 60.2 Å². The summed E-state index contributed by atoms with van der Waals surface area (Å²) in [6.07, 6.45) is 3.04. The number of nitrogens with one attached hydrogen (secondary N) is 2. The largest absolute Gasteiger partial charge is 0.359 e. The van der Waals surface area contributed by atoms with Gasteiger partial charge in [-0.1, -0.05) is 63.1 Å². The van der Waals surface area contributed by atoms with Gasteiger partial charge in [0.05, 0.1) is 5.69 Å². The van der Waals surface area contributed by atoms with E-state index in [0.717, 1.165) is 24.2 Å². The molecule has 2 aliphatic rings. The van der Waals surface area contributed by atoms with Crippen LogP contribution < -0.4 is 15.5 Å². The number of aliphatic hydroxyl groups is 1. The fourth-order valence-corrected chi connectivity index (χ4v) is 4.49. The molecule has 2 aromatic rings. The van der Waals surface area contributed by atoms with Crippen molar-refractivity contribution in [2.75, 3.05) is 10.2 Å². The highest BCUT2D eigenvalue weighted by Gasteiger charge is 2.52. The summed E-state index contributed by atoms with van der Waals surface area (Å²) in [4.78, 5) is 27.7. The molecule has 3 amide bonds. The lowest BCUT2D eigenvalue weighted by molar-refractivity contribution is -0.141. The molecule has 0 radical (unpaired) electrons. The van der Waals surface area contributed by atoms with Crippen molar-refractivity contribution in [1.29, 1.82) is 0 Å². The molecule has 4 atom stereocenters. The molecule has 1 aliphatic carbocycles. The molecular formula is C23H27N3O3. The molecule has 1 heterocycles. The maximum Gasteiger partial charge on any atom is 0.329 e. The Balaban J connectivity index is 1.77. The lowest BCUT2D eigenvalue weighted by Gasteiger charge is -2.44. The lowest BCUT2D eigenvalue weighted by Crippen LogP contribution is -2.64. The molecule has 0 saturated heterocycles. The van der Waals surface area contributed by atoms with E-state index in [-0.39, 0.29) is 6.04 Å². The van der Waals surface area contributed by atoms with E-state index in [2.05, 4.69) is 24.5 Å². The third-order valence-corrected chi connectivity index (χ3v) is 6.43. The molecule has 6 heteroatoms. The summed E-state index contributed by atoms with van der Waals surface area (Å²) in [7, 11) is 0. The van der Waals surface area contributed by atoms with E-state index in [1.54, 1.807) is 48.5 Å². The number of anilines is 2. The van der Waals surface area contributed by atoms with E-state index in [1.165, 1.54) is 0 Å². The average molecular weight is 393 g/mol. The molecule has 0 bridgehead atoms. The zero-order valence-electron chi connectivity index (χ0n) is 16.8. The molecule has 152 valence electrons. The fraction of sp³-hybridized carbons (Fsp3) is 0.391. The zero-order chi connectivity index (χ0) is 20.6. The Morgan fingerprint density at radius 2 is 1.79 bits per heavy atom. The van der Waals surface area contributed by atoms with Crippen molar-refractivity contribution in [3.8, 4) is 0 Å². The van der Waals surface area contributed by atoms with Gasteiger partial charge < -0.3 is 15.7 Å². The smallest absolute Gasteiger partial charge is 0.329 e. The predicted molar refractivity (Wildman–Crippen MR) is 112 cm³/mol. The minimum Gasteiger partial charge on any atom is -0.359 e. The molecule has 2 aromatic carbocycles. The van der Waals surface area contributed by atoms with Gasteiger partial charge in [0, 0.05) is 17.3 Å². The first-order valence-electron chi connectivity index (χ1n) is 10.2. The molecular weight excluding hydrogens is 366 g/mol. The molecule has 3 N–H and O–H groups in total. The molecule has 1 saturated carbocycles. The van der Waals surface area contributed by atoms with Crippen LogP contribution in [0.15, 0.2) is 54.6 Å². The number of carbonyl (C=O) groups is 2. The Kier molecular flexibility index (Phi) is 5.04. The zero-order valence-corrected chi connectivity index (χ0v) is 16.8. The number of carbonyl (C=O) groups excluding carboxylic acids is 2. The molecule has 0 spiro atoms. The maximum absolute atomic E-state index is 13.5. The fourth-order valence-electron chi connectivity index (χ4n) is 4.49. The highest BCUT2D eigenvalue weighted by molar-refractivity contribution is 6.11. The number of fused-ring (bicyclic) bond motifs is 1. The van der Waals surface area contributed by atoms with Gasteiger partial charge in [-0.15, -0.1) is 0 Å². The molecule has 6 nitrogen and oxygen atoms in total. The highest BCUT2D eigenvalue weighted by Crippen LogP contribution is 2.40. The van der Waals surface area contributed by atoms with Gasteiger partial charge in [0.1, 0.15) is 0 Å². The molecule has 1 fully saturated rings. The van der Waals surface area contributed by atoms with Crippen molar-refractivity contribution in [3.63, 3.8) is 0 Å². The van der Waals surface area contributed by atoms with E-state index < -0.39 is 17.7 Å². The van der Waals surface area contributed by atoms with Crippen LogP contribution in [0.1, 0.15) is 38.7 Å². The summed E-state index contributed by atoms with van der Waals surface area (Å²) < 4.78 is 0. The number of nitrogens with zero attached hydrogens (tertiary/aromatic N) is 1. The van der Waals surface area contributed by atoms with Gasteiger partial charge in [0.2, 0.25) is 0 Å². The van der Waals surface area contributed by atoms with E-state index in [0.29, 0.717) is 28.8 Å². The SMILES string of the molecule is C[C@H]1[C@@H](NC(=O)[C@@]2(O)c3ccccc3NC(=O)N2c2ccccc2)CCC[C@@H]1C. The Hall–Kier alpha value is -2.86. The van der Waals surface area contributed by atoms with Gasteiger partial charge in [-0.25, -0.2) is 4.79 Å². The first-order valence-corrected chi connectivity index (χ1v) is 10.2. The van der Waals surface area contributed by atoms with Gasteiger partial charge in [0.15, 0.2) is 0 Å². The van der Waals surface area contributed by atoms with E-state index in [4.69, 9.17) is 0 Å². The quantitative estimate of drug-likeness (QED) is 0.741. The summed E-state index contributed by atoms with van der Waals surface area (Å²) in [6.45, 7) is 4.33. The second-order valence-electron chi connectivity index (χ2n) is 8.17. The molecule has 0 aromatic heterocycles. The van der Waals surface area contributed by atoms with Gasteiger partial charge in [-0.05, 0) is 36.5 Å². The van der Waals surface area contributed by atoms with Crippen molar-refractivity contribution >= 4 is 23.3 Å². The predicted octanol–water partition coefficient (Wildman–Crippen LogP) is 3.82. The van der Waals surface area contributed by atoms with Crippen molar-refractivity contribution < 1.29 is 14.7 Å². The Morgan fingerprint density at radius 3 is 2.55 bits per heavy atom. The number of hydrogen-bond donors (Lipinski definition) is 3. The van der Waals surface area contributed by atoms with Crippen LogP contribution in [0, 0.1) is 11.8 Å². The third-order valence-electron chi connectivity index (χ3n) is 6.43. The van der Waals surface area contributed by atoms with Gasteiger partial charge in [0.25, 0.3) is 11.6 Å². The van der Waals surface area contributed by atoms with Crippen LogP contribution in [0.25, 0.3) is 0 Å². The molecule has 4 rings (SSSR count). The van der Waals surface area contributed by atoms with Crippen LogP contribution in [0.5, 0.6) is 0 Å². The van der Waals surface area contributed by atoms with E-state index >= 15 is 0 Å². The van der Waals surface area contributed by atoms with Crippen LogP contribution in [0.3, 0.4) is 0 Å². The minimum atomic E-state index is -2.14. The summed E-state index contributed by atoms with van der Waals surface area (Å²) in [6, 6.07) is 15.1. The molecule has 1 aliphatic heterocycles. The summed E-state index contributed by atoms with van der Waals surface area (Å²) in [5.74, 6) is 0.222. The number of hydrogen-bond acceptors (Lipinski definition) is 3. The minimum absolute atomic E-state index is 0.0370. The Bertz CT molecular complexity index is 917. The number of rotatable bonds is 3. The number of para-hydroxylation sites is 2. The summed E-state index contributed by atoms with van der Waals surface area (Å²) in [5, 5.41) is 17.7. The van der Waals surface area contributed by atoms with Gasteiger partial charge >= 0.3 is 6.03 Å². The summed E-state index contributed by atoms with van der Waals surface area (Å²) >= 11 is 0. The van der Waals surface area contributed by atoms with Crippen molar-refractivity contribution in [2.24, 2.45) is 11.8 Å². The second kappa shape index (κ2) is 7.52. The third kappa shape index (κ3) is 3.27. The second-order valence-corrected chi connectivity index (χ2v) is 8.17.